The average Bonchev–Trinajstić information content (AvgIpc) is 3.21. The highest BCUT2D eigenvalue weighted by molar-refractivity contribution is 5.74. The normalized spacial score (nSPS) is 24.4. The number of halogens is 1. The van der Waals surface area contributed by atoms with Gasteiger partial charge < -0.3 is 9.64 Å². The van der Waals surface area contributed by atoms with Crippen molar-refractivity contribution in [3.05, 3.63) is 65.5 Å². The van der Waals surface area contributed by atoms with Crippen LogP contribution in [0.2, 0.25) is 0 Å². The first kappa shape index (κ1) is 18.9. The molecular formula is C23H27FN2O2. The summed E-state index contributed by atoms with van der Waals surface area (Å²) in [6.07, 6.45) is 0. The standard InChI is InChI=1S/C23H27FN2O2/c1-16-5-3-4-6-21(16)23-22-15-25(13-18(22)14-26(23)17(2)27)11-12-28-20-9-7-19(24)8-10-20/h3-10,18,22-23H,11-15H2,1-2H3/t18-,22-,23+/m1/s1. The molecule has 0 aromatic heterocycles. The van der Waals surface area contributed by atoms with E-state index >= 15 is 0 Å². The van der Waals surface area contributed by atoms with E-state index in [1.165, 1.54) is 23.3 Å². The van der Waals surface area contributed by atoms with E-state index in [2.05, 4.69) is 41.0 Å². The monoisotopic (exact) mass is 382 g/mol. The summed E-state index contributed by atoms with van der Waals surface area (Å²) in [7, 11) is 0. The fourth-order valence-electron chi connectivity index (χ4n) is 4.78. The number of carbonyl (C=O) groups is 1. The molecule has 2 saturated heterocycles. The summed E-state index contributed by atoms with van der Waals surface area (Å²) in [6, 6.07) is 14.7. The van der Waals surface area contributed by atoms with Gasteiger partial charge >= 0.3 is 0 Å². The van der Waals surface area contributed by atoms with E-state index in [-0.39, 0.29) is 17.8 Å². The van der Waals surface area contributed by atoms with Crippen molar-refractivity contribution in [3.8, 4) is 5.75 Å². The van der Waals surface area contributed by atoms with Crippen molar-refractivity contribution in [2.45, 2.75) is 19.9 Å². The van der Waals surface area contributed by atoms with E-state index in [9.17, 15) is 9.18 Å². The van der Waals surface area contributed by atoms with Crippen LogP contribution in [0.1, 0.15) is 24.1 Å². The molecule has 0 bridgehead atoms. The van der Waals surface area contributed by atoms with Gasteiger partial charge in [-0.15, -0.1) is 0 Å². The molecule has 2 aromatic rings. The lowest BCUT2D eigenvalue weighted by Gasteiger charge is -2.30. The molecule has 0 radical (unpaired) electrons. The molecule has 2 fully saturated rings. The van der Waals surface area contributed by atoms with Crippen LogP contribution in [0.15, 0.2) is 48.5 Å². The molecule has 5 heteroatoms. The van der Waals surface area contributed by atoms with E-state index in [1.54, 1.807) is 19.1 Å². The van der Waals surface area contributed by atoms with E-state index < -0.39 is 0 Å². The fraction of sp³-hybridized carbons (Fsp3) is 0.435. The van der Waals surface area contributed by atoms with Crippen molar-refractivity contribution >= 4 is 5.91 Å². The Bertz CT molecular complexity index is 839. The molecule has 148 valence electrons. The number of hydrogen-bond donors (Lipinski definition) is 0. The molecule has 2 heterocycles. The minimum absolute atomic E-state index is 0.159. The summed E-state index contributed by atoms with van der Waals surface area (Å²) in [4.78, 5) is 16.8. The third kappa shape index (κ3) is 3.76. The second-order valence-corrected chi connectivity index (χ2v) is 7.96. The Morgan fingerprint density at radius 1 is 1.11 bits per heavy atom. The summed E-state index contributed by atoms with van der Waals surface area (Å²) in [6.45, 7) is 8.02. The zero-order valence-corrected chi connectivity index (χ0v) is 16.5. The van der Waals surface area contributed by atoms with Crippen molar-refractivity contribution in [3.63, 3.8) is 0 Å². The highest BCUT2D eigenvalue weighted by Crippen LogP contribution is 2.45. The van der Waals surface area contributed by atoms with Gasteiger partial charge in [0.15, 0.2) is 0 Å². The maximum absolute atomic E-state index is 13.0. The lowest BCUT2D eigenvalue weighted by atomic mass is 9.87. The van der Waals surface area contributed by atoms with Crippen LogP contribution in [0, 0.1) is 24.6 Å². The van der Waals surface area contributed by atoms with Gasteiger partial charge in [-0.05, 0) is 48.2 Å². The Labute approximate surface area is 165 Å². The maximum atomic E-state index is 13.0. The molecule has 3 atom stereocenters. The van der Waals surface area contributed by atoms with Crippen LogP contribution < -0.4 is 4.74 Å². The summed E-state index contributed by atoms with van der Waals surface area (Å²) in [5.41, 5.74) is 2.52. The van der Waals surface area contributed by atoms with Crippen LogP contribution in [0.5, 0.6) is 5.75 Å². The third-order valence-electron chi connectivity index (χ3n) is 6.14. The number of fused-ring (bicyclic) bond motifs is 1. The Kier molecular flexibility index (Phi) is 5.36. The van der Waals surface area contributed by atoms with Gasteiger partial charge in [0.05, 0.1) is 6.04 Å². The molecule has 0 aliphatic carbocycles. The molecule has 1 amide bonds. The molecule has 2 aliphatic heterocycles. The minimum atomic E-state index is -0.253. The van der Waals surface area contributed by atoms with Crippen molar-refractivity contribution in [2.75, 3.05) is 32.8 Å². The number of ether oxygens (including phenoxy) is 1. The summed E-state index contributed by atoms with van der Waals surface area (Å²) < 4.78 is 18.7. The van der Waals surface area contributed by atoms with Crippen LogP contribution >= 0.6 is 0 Å². The molecule has 28 heavy (non-hydrogen) atoms. The van der Waals surface area contributed by atoms with Gasteiger partial charge in [-0.3, -0.25) is 9.69 Å². The van der Waals surface area contributed by atoms with Crippen LogP contribution in [0.25, 0.3) is 0 Å². The van der Waals surface area contributed by atoms with Crippen molar-refractivity contribution in [2.24, 2.45) is 11.8 Å². The first-order valence-electron chi connectivity index (χ1n) is 9.96. The van der Waals surface area contributed by atoms with Crippen molar-refractivity contribution in [1.82, 2.24) is 9.80 Å². The van der Waals surface area contributed by atoms with Crippen LogP contribution in [-0.2, 0) is 4.79 Å². The van der Waals surface area contributed by atoms with Gasteiger partial charge in [-0.1, -0.05) is 24.3 Å². The molecule has 2 aromatic carbocycles. The summed E-state index contributed by atoms with van der Waals surface area (Å²) >= 11 is 0. The Balaban J connectivity index is 1.41. The lowest BCUT2D eigenvalue weighted by Crippen LogP contribution is -2.35. The average molecular weight is 382 g/mol. The molecule has 4 rings (SSSR count). The summed E-state index contributed by atoms with van der Waals surface area (Å²) in [5, 5.41) is 0. The Morgan fingerprint density at radius 3 is 2.57 bits per heavy atom. The van der Waals surface area contributed by atoms with Gasteiger partial charge in [0.25, 0.3) is 0 Å². The van der Waals surface area contributed by atoms with E-state index in [0.29, 0.717) is 24.2 Å². The maximum Gasteiger partial charge on any atom is 0.219 e. The molecule has 4 nitrogen and oxygen atoms in total. The summed E-state index contributed by atoms with van der Waals surface area (Å²) in [5.74, 6) is 1.56. The van der Waals surface area contributed by atoms with Gasteiger partial charge in [-0.25, -0.2) is 4.39 Å². The zero-order valence-electron chi connectivity index (χ0n) is 16.5. The molecule has 0 spiro atoms. The first-order chi connectivity index (χ1) is 13.5. The predicted octanol–water partition coefficient (Wildman–Crippen LogP) is 3.66. The zero-order chi connectivity index (χ0) is 19.7. The van der Waals surface area contributed by atoms with E-state index in [1.807, 2.05) is 0 Å². The molecular weight excluding hydrogens is 355 g/mol. The van der Waals surface area contributed by atoms with Gasteiger partial charge in [-0.2, -0.15) is 0 Å². The van der Waals surface area contributed by atoms with Gasteiger partial charge in [0.2, 0.25) is 5.91 Å². The van der Waals surface area contributed by atoms with Crippen LogP contribution in [-0.4, -0.2) is 48.5 Å². The number of carbonyl (C=O) groups excluding carboxylic acids is 1. The van der Waals surface area contributed by atoms with Gasteiger partial charge in [0.1, 0.15) is 18.2 Å². The second kappa shape index (κ2) is 7.92. The number of benzene rings is 2. The quantitative estimate of drug-likeness (QED) is 0.791. The fourth-order valence-corrected chi connectivity index (χ4v) is 4.78. The molecule has 0 saturated carbocycles. The number of nitrogens with zero attached hydrogens (tertiary/aromatic N) is 2. The predicted molar refractivity (Wildman–Crippen MR) is 107 cm³/mol. The van der Waals surface area contributed by atoms with Crippen LogP contribution in [0.3, 0.4) is 0 Å². The van der Waals surface area contributed by atoms with Crippen molar-refractivity contribution < 1.29 is 13.9 Å². The van der Waals surface area contributed by atoms with Gasteiger partial charge in [0, 0.05) is 39.0 Å². The van der Waals surface area contributed by atoms with Crippen LogP contribution in [0.4, 0.5) is 4.39 Å². The largest absolute Gasteiger partial charge is 0.492 e. The number of rotatable bonds is 5. The third-order valence-corrected chi connectivity index (χ3v) is 6.14. The highest BCUT2D eigenvalue weighted by Gasteiger charge is 2.48. The molecule has 0 unspecified atom stereocenters. The number of amides is 1. The Hall–Kier alpha value is -2.40. The topological polar surface area (TPSA) is 32.8 Å². The number of hydrogen-bond acceptors (Lipinski definition) is 3. The minimum Gasteiger partial charge on any atom is -0.492 e. The SMILES string of the molecule is CC(=O)N1C[C@H]2CN(CCOc3ccc(F)cc3)C[C@H]2[C@@H]1c1ccccc1C. The first-order valence-corrected chi connectivity index (χ1v) is 9.96. The number of aryl methyl sites for hydroxylation is 1. The molecule has 2 aliphatic rings. The van der Waals surface area contributed by atoms with Crippen molar-refractivity contribution in [1.29, 1.82) is 0 Å². The second-order valence-electron chi connectivity index (χ2n) is 7.96. The highest BCUT2D eigenvalue weighted by atomic mass is 19.1. The lowest BCUT2D eigenvalue weighted by molar-refractivity contribution is -0.130. The molecule has 0 N–H and O–H groups in total. The smallest absolute Gasteiger partial charge is 0.219 e. The Morgan fingerprint density at radius 2 is 1.86 bits per heavy atom. The van der Waals surface area contributed by atoms with E-state index in [0.717, 1.165) is 26.2 Å². The number of likely N-dealkylation sites (tertiary alicyclic amines) is 2. The van der Waals surface area contributed by atoms with E-state index in [4.69, 9.17) is 4.74 Å².